The van der Waals surface area contributed by atoms with Gasteiger partial charge in [0.2, 0.25) is 5.91 Å². The average molecular weight is 475 g/mol. The van der Waals surface area contributed by atoms with E-state index in [1.807, 2.05) is 47.1 Å². The van der Waals surface area contributed by atoms with Crippen LogP contribution in [0.15, 0.2) is 60.8 Å². The first-order chi connectivity index (χ1) is 17.0. The minimum absolute atomic E-state index is 0.0197. The molecule has 9 nitrogen and oxygen atoms in total. The summed E-state index contributed by atoms with van der Waals surface area (Å²) in [4.78, 5) is 38.7. The van der Waals surface area contributed by atoms with E-state index >= 15 is 0 Å². The molecule has 3 aromatic rings. The van der Waals surface area contributed by atoms with Gasteiger partial charge in [-0.25, -0.2) is 4.79 Å². The number of carboxylic acid groups (broad SMARTS) is 1. The number of nitrogens with zero attached hydrogens (tertiary/aromatic N) is 3. The molecule has 0 saturated carbocycles. The van der Waals surface area contributed by atoms with Crippen LogP contribution in [-0.2, 0) is 27.4 Å². The fourth-order valence-corrected chi connectivity index (χ4v) is 4.90. The van der Waals surface area contributed by atoms with Gasteiger partial charge in [-0.3, -0.25) is 14.3 Å². The van der Waals surface area contributed by atoms with Gasteiger partial charge in [0, 0.05) is 25.1 Å². The molecule has 0 spiro atoms. The molecular formula is C26H26N4O5. The number of fused-ring (bicyclic) bond motifs is 4. The summed E-state index contributed by atoms with van der Waals surface area (Å²) >= 11 is 0. The van der Waals surface area contributed by atoms with Gasteiger partial charge in [0.25, 0.3) is 0 Å². The summed E-state index contributed by atoms with van der Waals surface area (Å²) in [7, 11) is 0. The predicted octanol–water partition coefficient (Wildman–Crippen LogP) is 3.00. The van der Waals surface area contributed by atoms with Crippen molar-refractivity contribution in [3.63, 3.8) is 0 Å². The second kappa shape index (κ2) is 9.61. The van der Waals surface area contributed by atoms with E-state index in [0.717, 1.165) is 27.9 Å². The zero-order chi connectivity index (χ0) is 24.4. The molecule has 2 aliphatic rings. The fourth-order valence-electron chi connectivity index (χ4n) is 4.90. The highest BCUT2D eigenvalue weighted by Crippen LogP contribution is 2.44. The molecule has 9 heteroatoms. The zero-order valence-electron chi connectivity index (χ0n) is 19.1. The first kappa shape index (κ1) is 22.6. The predicted molar refractivity (Wildman–Crippen MR) is 127 cm³/mol. The number of ether oxygens (including phenoxy) is 1. The Morgan fingerprint density at radius 3 is 2.40 bits per heavy atom. The monoisotopic (exact) mass is 474 g/mol. The van der Waals surface area contributed by atoms with Gasteiger partial charge in [-0.05, 0) is 34.7 Å². The summed E-state index contributed by atoms with van der Waals surface area (Å²) in [6, 6.07) is 16.9. The molecular weight excluding hydrogens is 448 g/mol. The number of aliphatic carboxylic acids is 1. The quantitative estimate of drug-likeness (QED) is 0.544. The lowest BCUT2D eigenvalue weighted by Gasteiger charge is -2.31. The molecule has 180 valence electrons. The normalized spacial score (nSPS) is 15.0. The number of aromatic nitrogens is 2. The van der Waals surface area contributed by atoms with Gasteiger partial charge in [-0.2, -0.15) is 5.10 Å². The molecule has 1 aromatic heterocycles. The van der Waals surface area contributed by atoms with Crippen LogP contribution in [0.25, 0.3) is 11.1 Å². The van der Waals surface area contributed by atoms with Crippen LogP contribution in [0.4, 0.5) is 4.79 Å². The largest absolute Gasteiger partial charge is 0.481 e. The summed E-state index contributed by atoms with van der Waals surface area (Å²) in [5.74, 6) is -1.47. The number of alkyl carbamates (subject to hydrolysis) is 1. The van der Waals surface area contributed by atoms with Crippen LogP contribution >= 0.6 is 0 Å². The van der Waals surface area contributed by atoms with Gasteiger partial charge in [0.15, 0.2) is 0 Å². The van der Waals surface area contributed by atoms with E-state index in [4.69, 9.17) is 9.84 Å². The second-order valence-corrected chi connectivity index (χ2v) is 8.76. The van der Waals surface area contributed by atoms with Crippen molar-refractivity contribution in [2.75, 3.05) is 13.2 Å². The van der Waals surface area contributed by atoms with Crippen molar-refractivity contribution in [3.05, 3.63) is 77.6 Å². The van der Waals surface area contributed by atoms with E-state index in [9.17, 15) is 14.4 Å². The van der Waals surface area contributed by atoms with Crippen molar-refractivity contribution < 1.29 is 24.2 Å². The Morgan fingerprint density at radius 1 is 1.03 bits per heavy atom. The van der Waals surface area contributed by atoms with E-state index in [0.29, 0.717) is 19.6 Å². The van der Waals surface area contributed by atoms with Crippen LogP contribution in [-0.4, -0.2) is 57.0 Å². The molecule has 2 aromatic carbocycles. The van der Waals surface area contributed by atoms with Gasteiger partial charge < -0.3 is 20.1 Å². The highest BCUT2D eigenvalue weighted by molar-refractivity contribution is 5.86. The molecule has 1 aliphatic heterocycles. The van der Waals surface area contributed by atoms with Crippen molar-refractivity contribution in [2.24, 2.45) is 0 Å². The van der Waals surface area contributed by atoms with E-state index < -0.39 is 18.1 Å². The van der Waals surface area contributed by atoms with Crippen LogP contribution in [0.1, 0.15) is 35.6 Å². The second-order valence-electron chi connectivity index (χ2n) is 8.76. The Morgan fingerprint density at radius 2 is 1.71 bits per heavy atom. The summed E-state index contributed by atoms with van der Waals surface area (Å²) in [5, 5.41) is 16.0. The van der Waals surface area contributed by atoms with E-state index in [2.05, 4.69) is 22.5 Å². The highest BCUT2D eigenvalue weighted by Gasteiger charge is 2.32. The van der Waals surface area contributed by atoms with Crippen LogP contribution in [0.2, 0.25) is 0 Å². The minimum atomic E-state index is -1.03. The van der Waals surface area contributed by atoms with Crippen LogP contribution in [0.5, 0.6) is 0 Å². The number of rotatable bonds is 7. The number of amides is 2. The molecule has 5 rings (SSSR count). The zero-order valence-corrected chi connectivity index (χ0v) is 19.1. The molecule has 1 aliphatic carbocycles. The summed E-state index contributed by atoms with van der Waals surface area (Å²) in [6.45, 7) is 1.45. The molecule has 0 radical (unpaired) electrons. The van der Waals surface area contributed by atoms with Crippen LogP contribution in [0.3, 0.4) is 0 Å². The number of carbonyl (C=O) groups is 3. The van der Waals surface area contributed by atoms with Gasteiger partial charge >= 0.3 is 12.1 Å². The fraction of sp³-hybridized carbons (Fsp3) is 0.308. The molecule has 2 N–H and O–H groups in total. The van der Waals surface area contributed by atoms with Crippen LogP contribution in [0, 0.1) is 0 Å². The number of nitrogens with one attached hydrogen (secondary N) is 1. The summed E-state index contributed by atoms with van der Waals surface area (Å²) in [6.07, 6.45) is 0.678. The Hall–Kier alpha value is -4.14. The molecule has 1 unspecified atom stereocenters. The van der Waals surface area contributed by atoms with E-state index in [1.165, 1.54) is 0 Å². The van der Waals surface area contributed by atoms with Crippen molar-refractivity contribution in [3.8, 4) is 11.1 Å². The third kappa shape index (κ3) is 4.62. The molecule has 35 heavy (non-hydrogen) atoms. The van der Waals surface area contributed by atoms with Crippen molar-refractivity contribution in [1.29, 1.82) is 0 Å². The topological polar surface area (TPSA) is 114 Å². The van der Waals surface area contributed by atoms with E-state index in [-0.39, 0.29) is 31.3 Å². The van der Waals surface area contributed by atoms with Gasteiger partial charge in [0.1, 0.15) is 12.6 Å². The first-order valence-electron chi connectivity index (χ1n) is 11.6. The lowest BCUT2D eigenvalue weighted by atomic mass is 9.98. The van der Waals surface area contributed by atoms with E-state index in [1.54, 1.807) is 11.1 Å². The summed E-state index contributed by atoms with van der Waals surface area (Å²) < 4.78 is 7.40. The van der Waals surface area contributed by atoms with Crippen LogP contribution < -0.4 is 5.32 Å². The highest BCUT2D eigenvalue weighted by atomic mass is 16.5. The SMILES string of the molecule is O=C(O)CCC(NC(=O)OCC1c2ccccc2-c2ccccc21)C(=O)N1CCn2nccc2C1. The maximum atomic E-state index is 13.2. The molecule has 1 atom stereocenters. The average Bonchev–Trinajstić information content (AvgIpc) is 3.47. The van der Waals surface area contributed by atoms with Gasteiger partial charge in [-0.15, -0.1) is 0 Å². The minimum Gasteiger partial charge on any atom is -0.481 e. The molecule has 0 saturated heterocycles. The van der Waals surface area contributed by atoms with Gasteiger partial charge in [0.05, 0.1) is 18.8 Å². The standard InChI is InChI=1S/C26H26N4O5/c31-24(32)10-9-23(25(33)29-13-14-30-17(15-29)11-12-27-30)28-26(34)35-16-22-20-7-3-1-5-18(20)19-6-2-4-8-21(19)22/h1-8,11-12,22-23H,9-10,13-16H2,(H,28,34)(H,31,32). The Labute approximate surface area is 202 Å². The molecule has 0 bridgehead atoms. The lowest BCUT2D eigenvalue weighted by Crippen LogP contribution is -2.50. The first-order valence-corrected chi connectivity index (χ1v) is 11.6. The maximum absolute atomic E-state index is 13.2. The Balaban J connectivity index is 1.26. The lowest BCUT2D eigenvalue weighted by molar-refractivity contribution is -0.138. The smallest absolute Gasteiger partial charge is 0.407 e. The molecule has 0 fully saturated rings. The number of carbonyl (C=O) groups excluding carboxylic acids is 2. The number of hydrogen-bond donors (Lipinski definition) is 2. The Bertz CT molecular complexity index is 1220. The third-order valence-corrected chi connectivity index (χ3v) is 6.63. The number of carboxylic acids is 1. The third-order valence-electron chi connectivity index (χ3n) is 6.63. The number of benzene rings is 2. The molecule has 2 amide bonds. The number of hydrogen-bond acceptors (Lipinski definition) is 5. The van der Waals surface area contributed by atoms with Crippen molar-refractivity contribution in [2.45, 2.75) is 37.9 Å². The summed E-state index contributed by atoms with van der Waals surface area (Å²) in [5.41, 5.74) is 5.31. The van der Waals surface area contributed by atoms with Crippen molar-refractivity contribution in [1.82, 2.24) is 20.0 Å². The Kier molecular flexibility index (Phi) is 6.22. The maximum Gasteiger partial charge on any atom is 0.407 e. The molecule has 2 heterocycles. The van der Waals surface area contributed by atoms with Crippen molar-refractivity contribution >= 4 is 18.0 Å². The van der Waals surface area contributed by atoms with Gasteiger partial charge in [-0.1, -0.05) is 48.5 Å².